The van der Waals surface area contributed by atoms with Crippen LogP contribution < -0.4 is 15.8 Å². The molecule has 1 amide bonds. The largest absolute Gasteiger partial charge is 0.378 e. The van der Waals surface area contributed by atoms with Crippen molar-refractivity contribution in [3.63, 3.8) is 0 Å². The zero-order valence-corrected chi connectivity index (χ0v) is 13.5. The number of anilines is 1. The van der Waals surface area contributed by atoms with E-state index in [1.54, 1.807) is 19.3 Å². The monoisotopic (exact) mass is 309 g/mol. The molecule has 0 saturated heterocycles. The molecular weight excluding hydrogens is 290 g/mol. The SMILES string of the molecule is CN(C)c1ccc(C#CCNC(=O)c2cccn(C)c2=O)cc1. The van der Waals surface area contributed by atoms with Crippen LogP contribution in [0.5, 0.6) is 0 Å². The maximum atomic E-state index is 12.0. The topological polar surface area (TPSA) is 54.3 Å². The van der Waals surface area contributed by atoms with Crippen LogP contribution in [0.4, 0.5) is 5.69 Å². The predicted molar refractivity (Wildman–Crippen MR) is 91.7 cm³/mol. The van der Waals surface area contributed by atoms with E-state index in [0.29, 0.717) is 0 Å². The van der Waals surface area contributed by atoms with Gasteiger partial charge < -0.3 is 14.8 Å². The minimum absolute atomic E-state index is 0.118. The first kappa shape index (κ1) is 16.4. The Balaban J connectivity index is 1.96. The molecule has 1 aromatic carbocycles. The number of hydrogen-bond donors (Lipinski definition) is 1. The summed E-state index contributed by atoms with van der Waals surface area (Å²) in [6.45, 7) is 0.187. The number of hydrogen-bond acceptors (Lipinski definition) is 3. The second-order valence-electron chi connectivity index (χ2n) is 5.26. The third kappa shape index (κ3) is 4.24. The molecule has 1 N–H and O–H groups in total. The Morgan fingerprint density at radius 3 is 2.57 bits per heavy atom. The highest BCUT2D eigenvalue weighted by Crippen LogP contribution is 2.11. The van der Waals surface area contributed by atoms with E-state index in [4.69, 9.17) is 0 Å². The molecule has 0 aliphatic rings. The summed E-state index contributed by atoms with van der Waals surface area (Å²) in [5.41, 5.74) is 1.77. The number of carbonyl (C=O) groups excluding carboxylic acids is 1. The van der Waals surface area contributed by atoms with E-state index in [0.717, 1.165) is 11.3 Å². The Bertz CT molecular complexity index is 809. The van der Waals surface area contributed by atoms with Crippen LogP contribution in [0.2, 0.25) is 0 Å². The van der Waals surface area contributed by atoms with Crippen LogP contribution in [0, 0.1) is 11.8 Å². The zero-order valence-electron chi connectivity index (χ0n) is 13.5. The predicted octanol–water partition coefficient (Wildman–Crippen LogP) is 1.23. The highest BCUT2D eigenvalue weighted by atomic mass is 16.2. The van der Waals surface area contributed by atoms with Crippen LogP contribution in [-0.2, 0) is 7.05 Å². The van der Waals surface area contributed by atoms with E-state index in [9.17, 15) is 9.59 Å². The Morgan fingerprint density at radius 1 is 1.22 bits per heavy atom. The molecule has 1 aromatic heterocycles. The van der Waals surface area contributed by atoms with Crippen LogP contribution in [0.15, 0.2) is 47.4 Å². The number of pyridine rings is 1. The molecule has 0 spiro atoms. The summed E-state index contributed by atoms with van der Waals surface area (Å²) < 4.78 is 1.37. The number of amides is 1. The third-order valence-electron chi connectivity index (χ3n) is 3.32. The lowest BCUT2D eigenvalue weighted by atomic mass is 10.2. The van der Waals surface area contributed by atoms with Gasteiger partial charge in [0.1, 0.15) is 5.56 Å². The first-order chi connectivity index (χ1) is 11.0. The van der Waals surface area contributed by atoms with Gasteiger partial charge in [-0.1, -0.05) is 11.8 Å². The Labute approximate surface area is 135 Å². The third-order valence-corrected chi connectivity index (χ3v) is 3.32. The molecule has 5 heteroatoms. The van der Waals surface area contributed by atoms with Gasteiger partial charge >= 0.3 is 0 Å². The molecule has 0 bridgehead atoms. The zero-order chi connectivity index (χ0) is 16.8. The molecule has 5 nitrogen and oxygen atoms in total. The van der Waals surface area contributed by atoms with E-state index in [1.165, 1.54) is 10.6 Å². The molecule has 0 atom stereocenters. The van der Waals surface area contributed by atoms with Crippen molar-refractivity contribution in [2.45, 2.75) is 0 Å². The Hall–Kier alpha value is -3.00. The number of benzene rings is 1. The van der Waals surface area contributed by atoms with Gasteiger partial charge in [0, 0.05) is 38.6 Å². The highest BCUT2D eigenvalue weighted by Gasteiger charge is 2.09. The number of rotatable bonds is 3. The van der Waals surface area contributed by atoms with Gasteiger partial charge in [-0.2, -0.15) is 0 Å². The van der Waals surface area contributed by atoms with E-state index in [1.807, 2.05) is 43.3 Å². The molecule has 0 unspecified atom stereocenters. The van der Waals surface area contributed by atoms with Crippen molar-refractivity contribution >= 4 is 11.6 Å². The van der Waals surface area contributed by atoms with Crippen molar-refractivity contribution in [2.24, 2.45) is 7.05 Å². The summed E-state index contributed by atoms with van der Waals surface area (Å²) >= 11 is 0. The minimum atomic E-state index is -0.413. The lowest BCUT2D eigenvalue weighted by Crippen LogP contribution is -2.32. The van der Waals surface area contributed by atoms with Crippen molar-refractivity contribution in [2.75, 3.05) is 25.5 Å². The Morgan fingerprint density at radius 2 is 1.91 bits per heavy atom. The van der Waals surface area contributed by atoms with Gasteiger partial charge in [0.15, 0.2) is 0 Å². The fourth-order valence-electron chi connectivity index (χ4n) is 1.98. The van der Waals surface area contributed by atoms with Crippen LogP contribution in [0.3, 0.4) is 0 Å². The van der Waals surface area contributed by atoms with Crippen LogP contribution >= 0.6 is 0 Å². The summed E-state index contributed by atoms with van der Waals surface area (Å²) in [6.07, 6.45) is 1.61. The first-order valence-corrected chi connectivity index (χ1v) is 7.19. The maximum Gasteiger partial charge on any atom is 0.263 e. The smallest absolute Gasteiger partial charge is 0.263 e. The molecule has 0 fully saturated rings. The number of carbonyl (C=O) groups is 1. The first-order valence-electron chi connectivity index (χ1n) is 7.19. The minimum Gasteiger partial charge on any atom is -0.378 e. The average Bonchev–Trinajstić information content (AvgIpc) is 2.54. The molecule has 118 valence electrons. The molecule has 0 aliphatic heterocycles. The molecule has 2 aromatic rings. The maximum absolute atomic E-state index is 12.0. The summed E-state index contributed by atoms with van der Waals surface area (Å²) in [5, 5.41) is 2.63. The van der Waals surface area contributed by atoms with Crippen LogP contribution in [0.1, 0.15) is 15.9 Å². The standard InChI is InChI=1S/C18H19N3O2/c1-20(2)15-10-8-14(9-11-15)6-4-12-19-17(22)16-7-5-13-21(3)18(16)23/h5,7-11,13H,12H2,1-3H3,(H,19,22). The molecule has 1 heterocycles. The normalized spacial score (nSPS) is 9.70. The molecule has 2 rings (SSSR count). The summed E-state index contributed by atoms with van der Waals surface area (Å²) in [5.74, 6) is 5.44. The Kier molecular flexibility index (Phi) is 5.21. The molecule has 0 aliphatic carbocycles. The number of aromatic nitrogens is 1. The molecule has 23 heavy (non-hydrogen) atoms. The summed E-state index contributed by atoms with van der Waals surface area (Å²) in [7, 11) is 5.56. The van der Waals surface area contributed by atoms with E-state index in [-0.39, 0.29) is 17.7 Å². The number of nitrogens with zero attached hydrogens (tertiary/aromatic N) is 2. The lowest BCUT2D eigenvalue weighted by Gasteiger charge is -2.11. The fourth-order valence-corrected chi connectivity index (χ4v) is 1.98. The molecule has 0 radical (unpaired) electrons. The van der Waals surface area contributed by atoms with Crippen LogP contribution in [0.25, 0.3) is 0 Å². The number of aryl methyl sites for hydroxylation is 1. The second-order valence-corrected chi connectivity index (χ2v) is 5.26. The molecular formula is C18H19N3O2. The lowest BCUT2D eigenvalue weighted by molar-refractivity contribution is 0.0956. The van der Waals surface area contributed by atoms with E-state index >= 15 is 0 Å². The van der Waals surface area contributed by atoms with E-state index in [2.05, 4.69) is 17.2 Å². The van der Waals surface area contributed by atoms with Gasteiger partial charge in [-0.05, 0) is 36.4 Å². The summed E-state index contributed by atoms with van der Waals surface area (Å²) in [6, 6.07) is 11.0. The molecule has 0 saturated carbocycles. The van der Waals surface area contributed by atoms with Crippen molar-refractivity contribution in [1.29, 1.82) is 0 Å². The van der Waals surface area contributed by atoms with Gasteiger partial charge in [-0.3, -0.25) is 9.59 Å². The van der Waals surface area contributed by atoms with Crippen LogP contribution in [-0.4, -0.2) is 31.1 Å². The highest BCUT2D eigenvalue weighted by molar-refractivity contribution is 5.93. The van der Waals surface area contributed by atoms with Gasteiger partial charge in [0.05, 0.1) is 6.54 Å². The van der Waals surface area contributed by atoms with Crippen molar-refractivity contribution in [3.05, 3.63) is 64.1 Å². The van der Waals surface area contributed by atoms with Gasteiger partial charge in [0.25, 0.3) is 11.5 Å². The number of nitrogens with one attached hydrogen (secondary N) is 1. The average molecular weight is 309 g/mol. The second kappa shape index (κ2) is 7.32. The van der Waals surface area contributed by atoms with Crippen molar-refractivity contribution in [3.8, 4) is 11.8 Å². The van der Waals surface area contributed by atoms with E-state index < -0.39 is 5.91 Å². The van der Waals surface area contributed by atoms with Crippen molar-refractivity contribution < 1.29 is 4.79 Å². The fraction of sp³-hybridized carbons (Fsp3) is 0.222. The van der Waals surface area contributed by atoms with Gasteiger partial charge in [-0.15, -0.1) is 0 Å². The van der Waals surface area contributed by atoms with Crippen molar-refractivity contribution in [1.82, 2.24) is 9.88 Å². The summed E-state index contributed by atoms with van der Waals surface area (Å²) in [4.78, 5) is 25.8. The quantitative estimate of drug-likeness (QED) is 0.868. The van der Waals surface area contributed by atoms with Gasteiger partial charge in [-0.25, -0.2) is 0 Å². The van der Waals surface area contributed by atoms with Gasteiger partial charge in [0.2, 0.25) is 0 Å².